The summed E-state index contributed by atoms with van der Waals surface area (Å²) in [6, 6.07) is 16.4. The highest BCUT2D eigenvalue weighted by Gasteiger charge is 2.25. The molecule has 0 unspecified atom stereocenters. The fourth-order valence-electron chi connectivity index (χ4n) is 3.42. The van der Waals surface area contributed by atoms with Crippen molar-refractivity contribution >= 4 is 35.2 Å². The van der Waals surface area contributed by atoms with E-state index < -0.39 is 6.04 Å². The van der Waals surface area contributed by atoms with Gasteiger partial charge in [0.15, 0.2) is 0 Å². The van der Waals surface area contributed by atoms with Crippen molar-refractivity contribution < 1.29 is 19.1 Å². The number of nitrogens with one attached hydrogen (secondary N) is 2. The van der Waals surface area contributed by atoms with E-state index in [1.165, 1.54) is 0 Å². The van der Waals surface area contributed by atoms with Crippen LogP contribution in [0.5, 0.6) is 0 Å². The van der Waals surface area contributed by atoms with Gasteiger partial charge in [0.2, 0.25) is 17.7 Å². The third-order valence-electron chi connectivity index (χ3n) is 5.08. The molecule has 0 saturated carbocycles. The van der Waals surface area contributed by atoms with Gasteiger partial charge < -0.3 is 26.0 Å². The van der Waals surface area contributed by atoms with Crippen LogP contribution in [0.4, 0.5) is 5.69 Å². The summed E-state index contributed by atoms with van der Waals surface area (Å²) in [5, 5.41) is 5.44. The molecular formula is C24H30N4O4S. The molecule has 2 aromatic carbocycles. The standard InChI is InChI=1S/C24H30N4O4S/c25-12-13-26-24(31)19(17-32-16-18-6-2-1-3-7-18)27-22(29)10-14-28-20-8-4-5-9-21(20)33-15-11-23(28)30/h1-9,19H,10-17,25H2,(H,26,31)(H,27,29)/t19-/m1/s1. The van der Waals surface area contributed by atoms with Crippen molar-refractivity contribution in [1.82, 2.24) is 10.6 Å². The SMILES string of the molecule is NCCNC(=O)[C@@H](COCc1ccccc1)NC(=O)CCN1C(=O)CCSc2ccccc21. The van der Waals surface area contributed by atoms with Gasteiger partial charge in [0, 0.05) is 43.1 Å². The largest absolute Gasteiger partial charge is 0.374 e. The van der Waals surface area contributed by atoms with Crippen LogP contribution in [0.15, 0.2) is 59.5 Å². The molecule has 1 heterocycles. The van der Waals surface area contributed by atoms with E-state index >= 15 is 0 Å². The Morgan fingerprint density at radius 2 is 1.88 bits per heavy atom. The van der Waals surface area contributed by atoms with E-state index in [2.05, 4.69) is 10.6 Å². The molecule has 1 aliphatic rings. The highest BCUT2D eigenvalue weighted by atomic mass is 32.2. The Hall–Kier alpha value is -2.88. The fraction of sp³-hybridized carbons (Fsp3) is 0.375. The Labute approximate surface area is 198 Å². The van der Waals surface area contributed by atoms with Gasteiger partial charge in [-0.15, -0.1) is 11.8 Å². The normalized spacial score (nSPS) is 14.2. The van der Waals surface area contributed by atoms with Gasteiger partial charge in [0.25, 0.3) is 0 Å². The highest BCUT2D eigenvalue weighted by Crippen LogP contribution is 2.33. The zero-order valence-corrected chi connectivity index (χ0v) is 19.3. The maximum absolute atomic E-state index is 12.7. The Balaban J connectivity index is 1.57. The monoisotopic (exact) mass is 470 g/mol. The number of rotatable bonds is 11. The Bertz CT molecular complexity index is 941. The summed E-state index contributed by atoms with van der Waals surface area (Å²) in [5.74, 6) is 0.0206. The second-order valence-corrected chi connectivity index (χ2v) is 8.70. The minimum Gasteiger partial charge on any atom is -0.374 e. The zero-order chi connectivity index (χ0) is 23.5. The molecule has 0 bridgehead atoms. The molecule has 4 N–H and O–H groups in total. The molecule has 3 rings (SSSR count). The zero-order valence-electron chi connectivity index (χ0n) is 18.5. The van der Waals surface area contributed by atoms with Gasteiger partial charge in [0.1, 0.15) is 6.04 Å². The van der Waals surface area contributed by atoms with Crippen LogP contribution in [0, 0.1) is 0 Å². The number of nitrogens with zero attached hydrogens (tertiary/aromatic N) is 1. The lowest BCUT2D eigenvalue weighted by Crippen LogP contribution is -2.50. The Kier molecular flexibility index (Phi) is 9.74. The van der Waals surface area contributed by atoms with E-state index in [4.69, 9.17) is 10.5 Å². The number of thioether (sulfide) groups is 1. The summed E-state index contributed by atoms with van der Waals surface area (Å²) >= 11 is 1.64. The minimum atomic E-state index is -0.851. The van der Waals surface area contributed by atoms with Crippen molar-refractivity contribution in [3.8, 4) is 0 Å². The van der Waals surface area contributed by atoms with Crippen LogP contribution in [0.2, 0.25) is 0 Å². The molecule has 0 spiro atoms. The number of carbonyl (C=O) groups is 3. The lowest BCUT2D eigenvalue weighted by Gasteiger charge is -2.23. The number of carbonyl (C=O) groups excluding carboxylic acids is 3. The topological polar surface area (TPSA) is 114 Å². The van der Waals surface area contributed by atoms with Gasteiger partial charge in [-0.05, 0) is 17.7 Å². The van der Waals surface area contributed by atoms with Crippen molar-refractivity contribution in [2.75, 3.05) is 36.9 Å². The number of hydrogen-bond donors (Lipinski definition) is 3. The van der Waals surface area contributed by atoms with Crippen LogP contribution < -0.4 is 21.3 Å². The first-order valence-corrected chi connectivity index (χ1v) is 12.0. The predicted octanol–water partition coefficient (Wildman–Crippen LogP) is 1.68. The smallest absolute Gasteiger partial charge is 0.245 e. The number of amides is 3. The number of hydrogen-bond acceptors (Lipinski definition) is 6. The lowest BCUT2D eigenvalue weighted by molar-refractivity contribution is -0.130. The number of para-hydroxylation sites is 1. The first kappa shape index (κ1) is 24.8. The molecule has 8 nitrogen and oxygen atoms in total. The van der Waals surface area contributed by atoms with Gasteiger partial charge in [-0.3, -0.25) is 14.4 Å². The molecule has 33 heavy (non-hydrogen) atoms. The number of anilines is 1. The average molecular weight is 471 g/mol. The molecule has 1 atom stereocenters. The van der Waals surface area contributed by atoms with Gasteiger partial charge in [-0.2, -0.15) is 0 Å². The maximum atomic E-state index is 12.7. The van der Waals surface area contributed by atoms with Crippen LogP contribution in [-0.2, 0) is 25.7 Å². The Morgan fingerprint density at radius 1 is 1.12 bits per heavy atom. The molecule has 0 radical (unpaired) electrons. The van der Waals surface area contributed by atoms with E-state index in [-0.39, 0.29) is 37.3 Å². The summed E-state index contributed by atoms with van der Waals surface area (Å²) < 4.78 is 5.68. The quantitative estimate of drug-likeness (QED) is 0.461. The molecule has 176 valence electrons. The van der Waals surface area contributed by atoms with Crippen molar-refractivity contribution in [1.29, 1.82) is 0 Å². The average Bonchev–Trinajstić information content (AvgIpc) is 2.99. The Morgan fingerprint density at radius 3 is 2.67 bits per heavy atom. The van der Waals surface area contributed by atoms with E-state index in [0.717, 1.165) is 16.1 Å². The van der Waals surface area contributed by atoms with Crippen LogP contribution in [-0.4, -0.2) is 55.8 Å². The minimum absolute atomic E-state index is 0.0105. The van der Waals surface area contributed by atoms with Gasteiger partial charge in [-0.25, -0.2) is 0 Å². The molecule has 0 saturated heterocycles. The molecule has 0 aliphatic carbocycles. The van der Waals surface area contributed by atoms with E-state index in [1.807, 2.05) is 54.6 Å². The molecular weight excluding hydrogens is 440 g/mol. The first-order chi connectivity index (χ1) is 16.1. The third kappa shape index (κ3) is 7.59. The predicted molar refractivity (Wildman–Crippen MR) is 129 cm³/mol. The lowest BCUT2D eigenvalue weighted by atomic mass is 10.2. The molecule has 2 aromatic rings. The second-order valence-electron chi connectivity index (χ2n) is 7.56. The van der Waals surface area contributed by atoms with E-state index in [1.54, 1.807) is 16.7 Å². The first-order valence-electron chi connectivity index (χ1n) is 11.0. The molecule has 1 aliphatic heterocycles. The summed E-state index contributed by atoms with van der Waals surface area (Å²) in [7, 11) is 0. The van der Waals surface area contributed by atoms with Crippen molar-refractivity contribution in [2.24, 2.45) is 5.73 Å². The maximum Gasteiger partial charge on any atom is 0.245 e. The number of nitrogens with two attached hydrogens (primary N) is 1. The fourth-order valence-corrected chi connectivity index (χ4v) is 4.41. The van der Waals surface area contributed by atoms with Crippen LogP contribution >= 0.6 is 11.8 Å². The van der Waals surface area contributed by atoms with E-state index in [9.17, 15) is 14.4 Å². The number of ether oxygens (including phenoxy) is 1. The van der Waals surface area contributed by atoms with Crippen molar-refractivity contribution in [3.05, 3.63) is 60.2 Å². The van der Waals surface area contributed by atoms with Crippen molar-refractivity contribution in [2.45, 2.75) is 30.4 Å². The van der Waals surface area contributed by atoms with Gasteiger partial charge >= 0.3 is 0 Å². The highest BCUT2D eigenvalue weighted by molar-refractivity contribution is 7.99. The third-order valence-corrected chi connectivity index (χ3v) is 6.15. The van der Waals surface area contributed by atoms with Gasteiger partial charge in [0.05, 0.1) is 18.9 Å². The number of fused-ring (bicyclic) bond motifs is 1. The van der Waals surface area contributed by atoms with E-state index in [0.29, 0.717) is 31.9 Å². The summed E-state index contributed by atoms with van der Waals surface area (Å²) in [6.45, 7) is 1.20. The summed E-state index contributed by atoms with van der Waals surface area (Å²) in [6.07, 6.45) is 0.489. The summed E-state index contributed by atoms with van der Waals surface area (Å²) in [4.78, 5) is 40.5. The van der Waals surface area contributed by atoms with Crippen LogP contribution in [0.1, 0.15) is 18.4 Å². The van der Waals surface area contributed by atoms with Gasteiger partial charge in [-0.1, -0.05) is 42.5 Å². The summed E-state index contributed by atoms with van der Waals surface area (Å²) in [5.41, 5.74) is 7.27. The van der Waals surface area contributed by atoms with Crippen molar-refractivity contribution in [3.63, 3.8) is 0 Å². The number of benzene rings is 2. The molecule has 0 aromatic heterocycles. The van der Waals surface area contributed by atoms with Crippen LogP contribution in [0.25, 0.3) is 0 Å². The van der Waals surface area contributed by atoms with Crippen LogP contribution in [0.3, 0.4) is 0 Å². The molecule has 0 fully saturated rings. The molecule has 9 heteroatoms. The second kappa shape index (κ2) is 13.0. The molecule has 3 amide bonds.